The van der Waals surface area contributed by atoms with Crippen molar-refractivity contribution in [1.82, 2.24) is 0 Å². The first-order valence-electron chi connectivity index (χ1n) is 2.52. The van der Waals surface area contributed by atoms with Crippen LogP contribution in [0.2, 0.25) is 0 Å². The monoisotopic (exact) mass is 296 g/mol. The molecule has 0 aliphatic carbocycles. The van der Waals surface area contributed by atoms with Crippen LogP contribution < -0.4 is 0 Å². The van der Waals surface area contributed by atoms with Gasteiger partial charge in [-0.2, -0.15) is 0 Å². The number of aliphatic hydroxyl groups excluding tert-OH is 1. The van der Waals surface area contributed by atoms with Crippen molar-refractivity contribution in [3.63, 3.8) is 0 Å². The molecule has 0 fully saturated rings. The third-order valence-electron chi connectivity index (χ3n) is 0.762. The van der Waals surface area contributed by atoms with Gasteiger partial charge >= 0.3 is 0 Å². The van der Waals surface area contributed by atoms with Crippen molar-refractivity contribution in [3.05, 3.63) is 0 Å². The number of unbranched alkanes of at least 4 members (excludes halogenated alkanes) is 2. The van der Waals surface area contributed by atoms with Gasteiger partial charge in [0.1, 0.15) is 0 Å². The van der Waals surface area contributed by atoms with Crippen molar-refractivity contribution >= 4 is 27.3 Å². The first-order chi connectivity index (χ1) is 2.91. The molecule has 0 aliphatic heterocycles. The summed E-state index contributed by atoms with van der Waals surface area (Å²) in [6.45, 7) is 2.48. The van der Waals surface area contributed by atoms with Gasteiger partial charge in [0.2, 0.25) is 0 Å². The van der Waals surface area contributed by atoms with Crippen LogP contribution in [0.15, 0.2) is 0 Å². The van der Waals surface area contributed by atoms with Crippen LogP contribution in [0.1, 0.15) is 26.2 Å². The van der Waals surface area contributed by atoms with Gasteiger partial charge in [0.15, 0.2) is 0 Å². The summed E-state index contributed by atoms with van der Waals surface area (Å²) < 4.78 is 0. The summed E-state index contributed by atoms with van der Waals surface area (Å²) in [5, 5.41) is 8.20. The van der Waals surface area contributed by atoms with Crippen LogP contribution >= 0.6 is 0 Å². The number of hydrogen-bond acceptors (Lipinski definition) is 1. The molecule has 2 heteroatoms. The minimum atomic E-state index is 0. The van der Waals surface area contributed by atoms with Crippen molar-refractivity contribution in [2.45, 2.75) is 26.2 Å². The molecule has 0 aromatic heterocycles. The summed E-state index contributed by atoms with van der Waals surface area (Å²) >= 11 is 0. The van der Waals surface area contributed by atoms with E-state index in [1.807, 2.05) is 0 Å². The van der Waals surface area contributed by atoms with E-state index in [-0.39, 0.29) is 27.3 Å². The Morgan fingerprint density at radius 2 is 1.86 bits per heavy atom. The fourth-order valence-electron chi connectivity index (χ4n) is 0.362. The standard InChI is InChI=1S/C5H12O.Pb/c1-2-3-4-5-6;/h6H,2-5H2,1H3;. The second-order valence-electron chi connectivity index (χ2n) is 1.43. The van der Waals surface area contributed by atoms with Crippen LogP contribution in [0.3, 0.4) is 0 Å². The Morgan fingerprint density at radius 1 is 1.29 bits per heavy atom. The van der Waals surface area contributed by atoms with Crippen molar-refractivity contribution in [1.29, 1.82) is 0 Å². The zero-order valence-electron chi connectivity index (χ0n) is 4.78. The molecule has 7 heavy (non-hydrogen) atoms. The van der Waals surface area contributed by atoms with Crippen molar-refractivity contribution < 1.29 is 5.11 Å². The Bertz CT molecular complexity index is 20.0. The minimum absolute atomic E-state index is 0. The molecule has 0 spiro atoms. The molecule has 1 N–H and O–H groups in total. The molecule has 0 bridgehead atoms. The molecule has 0 saturated carbocycles. The van der Waals surface area contributed by atoms with Crippen molar-refractivity contribution in [2.24, 2.45) is 0 Å². The first kappa shape index (κ1) is 10.8. The van der Waals surface area contributed by atoms with Crippen LogP contribution in [0, 0.1) is 0 Å². The van der Waals surface area contributed by atoms with Gasteiger partial charge in [0, 0.05) is 33.9 Å². The third-order valence-corrected chi connectivity index (χ3v) is 0.762. The summed E-state index contributed by atoms with van der Waals surface area (Å²) in [7, 11) is 0. The summed E-state index contributed by atoms with van der Waals surface area (Å²) in [6, 6.07) is 0. The zero-order chi connectivity index (χ0) is 4.83. The van der Waals surface area contributed by atoms with Gasteiger partial charge in [-0.25, -0.2) is 0 Å². The van der Waals surface area contributed by atoms with Gasteiger partial charge in [-0.15, -0.1) is 0 Å². The average molecular weight is 295 g/mol. The van der Waals surface area contributed by atoms with E-state index in [1.54, 1.807) is 0 Å². The Balaban J connectivity index is 0. The molecule has 0 saturated heterocycles. The van der Waals surface area contributed by atoms with Gasteiger partial charge in [-0.05, 0) is 6.42 Å². The molecule has 0 amide bonds. The summed E-state index contributed by atoms with van der Waals surface area (Å²) in [4.78, 5) is 0. The average Bonchev–Trinajstić information content (AvgIpc) is 1.61. The summed E-state index contributed by atoms with van der Waals surface area (Å²) in [5.74, 6) is 0. The minimum Gasteiger partial charge on any atom is -0.396 e. The van der Waals surface area contributed by atoms with Crippen molar-refractivity contribution in [3.8, 4) is 0 Å². The Morgan fingerprint density at radius 3 is 2.00 bits per heavy atom. The quantitative estimate of drug-likeness (QED) is 0.603. The van der Waals surface area contributed by atoms with E-state index in [1.165, 1.54) is 6.42 Å². The second-order valence-corrected chi connectivity index (χ2v) is 1.43. The Kier molecular flexibility index (Phi) is 15.4. The molecular formula is C5H12OPb. The third kappa shape index (κ3) is 10.9. The van der Waals surface area contributed by atoms with Gasteiger partial charge in [0.05, 0.1) is 0 Å². The van der Waals surface area contributed by atoms with E-state index in [2.05, 4.69) is 6.92 Å². The Labute approximate surface area is 65.3 Å². The predicted molar refractivity (Wildman–Crippen MR) is 32.4 cm³/mol. The predicted octanol–water partition coefficient (Wildman–Crippen LogP) is 0.788. The molecular weight excluding hydrogens is 283 g/mol. The van der Waals surface area contributed by atoms with Crippen LogP contribution in [0.5, 0.6) is 0 Å². The zero-order valence-corrected chi connectivity index (χ0v) is 8.66. The Hall–Kier alpha value is 0.882. The fraction of sp³-hybridized carbons (Fsp3) is 1.00. The maximum Gasteiger partial charge on any atom is 0.0431 e. The largest absolute Gasteiger partial charge is 0.396 e. The van der Waals surface area contributed by atoms with Crippen LogP contribution in [-0.2, 0) is 0 Å². The molecule has 4 radical (unpaired) electrons. The van der Waals surface area contributed by atoms with E-state index in [0.717, 1.165) is 12.8 Å². The van der Waals surface area contributed by atoms with Crippen LogP contribution in [0.25, 0.3) is 0 Å². The van der Waals surface area contributed by atoms with E-state index in [0.29, 0.717) is 6.61 Å². The molecule has 0 aromatic rings. The summed E-state index contributed by atoms with van der Waals surface area (Å²) in [6.07, 6.45) is 3.33. The number of hydrogen-bond donors (Lipinski definition) is 1. The van der Waals surface area contributed by atoms with Gasteiger partial charge < -0.3 is 5.11 Å². The maximum atomic E-state index is 8.20. The number of aliphatic hydroxyl groups is 1. The number of rotatable bonds is 3. The molecule has 0 atom stereocenters. The van der Waals surface area contributed by atoms with Gasteiger partial charge in [-0.1, -0.05) is 19.8 Å². The van der Waals surface area contributed by atoms with Gasteiger partial charge in [-0.3, -0.25) is 0 Å². The fourth-order valence-corrected chi connectivity index (χ4v) is 0.362. The van der Waals surface area contributed by atoms with Gasteiger partial charge in [0.25, 0.3) is 0 Å². The van der Waals surface area contributed by atoms with E-state index in [9.17, 15) is 0 Å². The first-order valence-corrected chi connectivity index (χ1v) is 2.52. The smallest absolute Gasteiger partial charge is 0.0431 e. The molecule has 0 unspecified atom stereocenters. The van der Waals surface area contributed by atoms with E-state index < -0.39 is 0 Å². The van der Waals surface area contributed by atoms with Crippen LogP contribution in [-0.4, -0.2) is 39.0 Å². The molecule has 42 valence electrons. The molecule has 0 aromatic carbocycles. The van der Waals surface area contributed by atoms with Crippen LogP contribution in [0.4, 0.5) is 0 Å². The molecule has 0 heterocycles. The van der Waals surface area contributed by atoms with E-state index >= 15 is 0 Å². The molecule has 0 rings (SSSR count). The van der Waals surface area contributed by atoms with E-state index in [4.69, 9.17) is 5.11 Å². The normalized spacial score (nSPS) is 7.71. The second kappa shape index (κ2) is 9.99. The maximum absolute atomic E-state index is 8.20. The summed E-state index contributed by atoms with van der Waals surface area (Å²) in [5.41, 5.74) is 0. The molecule has 0 aliphatic rings. The van der Waals surface area contributed by atoms with Crippen molar-refractivity contribution in [2.75, 3.05) is 6.61 Å². The molecule has 1 nitrogen and oxygen atoms in total. The topological polar surface area (TPSA) is 20.2 Å². The SMILES string of the molecule is CCCCCO.[Pb].